The minimum Gasteiger partial charge on any atom is -0.493 e. The van der Waals surface area contributed by atoms with Crippen molar-refractivity contribution >= 4 is 27.2 Å². The number of rotatable bonds is 6. The van der Waals surface area contributed by atoms with Crippen molar-refractivity contribution in [2.45, 2.75) is 6.54 Å². The van der Waals surface area contributed by atoms with Gasteiger partial charge in [-0.3, -0.25) is 19.5 Å². The van der Waals surface area contributed by atoms with E-state index in [1.165, 1.54) is 34.4 Å². The van der Waals surface area contributed by atoms with Crippen molar-refractivity contribution in [1.82, 2.24) is 9.55 Å². The van der Waals surface area contributed by atoms with Crippen molar-refractivity contribution in [2.75, 3.05) is 14.2 Å². The molecule has 0 aliphatic rings. The van der Waals surface area contributed by atoms with Gasteiger partial charge < -0.3 is 9.47 Å². The molecule has 2 aromatic carbocycles. The molecule has 0 saturated carbocycles. The highest BCUT2D eigenvalue weighted by Crippen LogP contribution is 2.36. The molecule has 0 fully saturated rings. The number of hydrogen-bond acceptors (Lipinski definition) is 7. The van der Waals surface area contributed by atoms with E-state index in [9.17, 15) is 14.9 Å². The maximum atomic E-state index is 13.2. The first-order valence-corrected chi connectivity index (χ1v) is 9.82. The Bertz CT molecular complexity index is 1290. The first kappa shape index (κ1) is 19.6. The molecule has 0 atom stereocenters. The largest absolute Gasteiger partial charge is 0.493 e. The fourth-order valence-corrected chi connectivity index (χ4v) is 4.12. The third-order valence-corrected chi connectivity index (χ3v) is 5.64. The van der Waals surface area contributed by atoms with Crippen LogP contribution >= 0.6 is 11.3 Å². The number of benzene rings is 2. The quantitative estimate of drug-likeness (QED) is 0.342. The molecule has 0 aliphatic carbocycles. The maximum Gasteiger partial charge on any atom is 0.269 e. The van der Waals surface area contributed by atoms with E-state index in [1.54, 1.807) is 32.4 Å². The molecule has 30 heavy (non-hydrogen) atoms. The van der Waals surface area contributed by atoms with Crippen LogP contribution in [0.25, 0.3) is 21.3 Å². The lowest BCUT2D eigenvalue weighted by Gasteiger charge is -2.10. The van der Waals surface area contributed by atoms with Crippen LogP contribution in [-0.4, -0.2) is 28.7 Å². The lowest BCUT2D eigenvalue weighted by Crippen LogP contribution is -2.20. The summed E-state index contributed by atoms with van der Waals surface area (Å²) in [5, 5.41) is 13.2. The molecule has 0 unspecified atom stereocenters. The normalized spacial score (nSPS) is 10.9. The summed E-state index contributed by atoms with van der Waals surface area (Å²) in [6.07, 6.45) is 1.50. The van der Waals surface area contributed by atoms with Gasteiger partial charge in [-0.25, -0.2) is 4.98 Å². The standard InChI is InChI=1S/C21H17N3O5S/c1-28-17-8-5-14(9-18(17)29-2)16-11-30-20-19(16)21(25)23(12-22-20)10-13-3-6-15(7-4-13)24(26)27/h3-9,11-12H,10H2,1-2H3. The Balaban J connectivity index is 1.76. The molecule has 0 bridgehead atoms. The Kier molecular flexibility index (Phi) is 5.20. The summed E-state index contributed by atoms with van der Waals surface area (Å²) < 4.78 is 12.2. The number of nitro groups is 1. The summed E-state index contributed by atoms with van der Waals surface area (Å²) >= 11 is 1.40. The van der Waals surface area contributed by atoms with Crippen molar-refractivity contribution in [3.63, 3.8) is 0 Å². The summed E-state index contributed by atoms with van der Waals surface area (Å²) in [5.74, 6) is 1.18. The molecule has 8 nitrogen and oxygen atoms in total. The molecule has 152 valence electrons. The third-order valence-electron chi connectivity index (χ3n) is 4.76. The van der Waals surface area contributed by atoms with E-state index in [1.807, 2.05) is 17.5 Å². The van der Waals surface area contributed by atoms with Crippen molar-refractivity contribution < 1.29 is 14.4 Å². The van der Waals surface area contributed by atoms with Crippen LogP contribution in [0.15, 0.2) is 59.0 Å². The Morgan fingerprint density at radius 3 is 2.50 bits per heavy atom. The first-order chi connectivity index (χ1) is 14.5. The molecule has 0 saturated heterocycles. The second kappa shape index (κ2) is 7.96. The van der Waals surface area contributed by atoms with Crippen LogP contribution in [0.2, 0.25) is 0 Å². The van der Waals surface area contributed by atoms with Crippen LogP contribution in [0.5, 0.6) is 11.5 Å². The fourth-order valence-electron chi connectivity index (χ4n) is 3.22. The van der Waals surface area contributed by atoms with E-state index in [2.05, 4.69) is 4.98 Å². The van der Waals surface area contributed by atoms with Crippen molar-refractivity contribution in [1.29, 1.82) is 0 Å². The smallest absolute Gasteiger partial charge is 0.269 e. The zero-order valence-electron chi connectivity index (χ0n) is 16.2. The molecular formula is C21H17N3O5S. The minimum absolute atomic E-state index is 0.00764. The van der Waals surface area contributed by atoms with Crippen molar-refractivity contribution in [2.24, 2.45) is 0 Å². The molecule has 2 aromatic heterocycles. The second-order valence-electron chi connectivity index (χ2n) is 6.50. The number of nitro benzene ring substituents is 1. The van der Waals surface area contributed by atoms with Crippen LogP contribution in [0.3, 0.4) is 0 Å². The SMILES string of the molecule is COc1ccc(-c2csc3ncn(Cc4ccc([N+](=O)[O-])cc4)c(=O)c23)cc1OC. The highest BCUT2D eigenvalue weighted by Gasteiger charge is 2.15. The van der Waals surface area contributed by atoms with Gasteiger partial charge in [0.2, 0.25) is 0 Å². The zero-order valence-corrected chi connectivity index (χ0v) is 17.0. The highest BCUT2D eigenvalue weighted by atomic mass is 32.1. The topological polar surface area (TPSA) is 96.5 Å². The first-order valence-electron chi connectivity index (χ1n) is 8.94. The number of methoxy groups -OCH3 is 2. The molecule has 2 heterocycles. The number of hydrogen-bond donors (Lipinski definition) is 0. The summed E-state index contributed by atoms with van der Waals surface area (Å²) in [6.45, 7) is 0.265. The number of fused-ring (bicyclic) bond motifs is 1. The lowest BCUT2D eigenvalue weighted by atomic mass is 10.1. The fraction of sp³-hybridized carbons (Fsp3) is 0.143. The van der Waals surface area contributed by atoms with Crippen LogP contribution in [-0.2, 0) is 6.54 Å². The van der Waals surface area contributed by atoms with Gasteiger partial charge in [0, 0.05) is 23.1 Å². The summed E-state index contributed by atoms with van der Waals surface area (Å²) in [6, 6.07) is 11.6. The Labute approximate surface area is 175 Å². The third kappa shape index (κ3) is 3.50. The van der Waals surface area contributed by atoms with Crippen molar-refractivity contribution in [3.8, 4) is 22.6 Å². The average molecular weight is 423 g/mol. The van der Waals surface area contributed by atoms with Gasteiger partial charge in [-0.2, -0.15) is 0 Å². The monoisotopic (exact) mass is 423 g/mol. The van der Waals surface area contributed by atoms with Gasteiger partial charge in [-0.15, -0.1) is 11.3 Å². The second-order valence-corrected chi connectivity index (χ2v) is 7.36. The van der Waals surface area contributed by atoms with Crippen LogP contribution in [0.4, 0.5) is 5.69 Å². The summed E-state index contributed by atoms with van der Waals surface area (Å²) in [7, 11) is 3.13. The molecule has 0 N–H and O–H groups in total. The summed E-state index contributed by atoms with van der Waals surface area (Å²) in [4.78, 5) is 28.6. The zero-order chi connectivity index (χ0) is 21.3. The van der Waals surface area contributed by atoms with Gasteiger partial charge in [0.15, 0.2) is 11.5 Å². The summed E-state index contributed by atoms with van der Waals surface area (Å²) in [5.41, 5.74) is 2.20. The molecule has 4 rings (SSSR count). The van der Waals surface area contributed by atoms with E-state index in [0.717, 1.165) is 16.7 Å². The van der Waals surface area contributed by atoms with Gasteiger partial charge in [0.1, 0.15) is 4.83 Å². The van der Waals surface area contributed by atoms with Crippen LogP contribution in [0.1, 0.15) is 5.56 Å². The molecule has 0 radical (unpaired) electrons. The molecule has 0 amide bonds. The lowest BCUT2D eigenvalue weighted by molar-refractivity contribution is -0.384. The Hall–Kier alpha value is -3.72. The van der Waals surface area contributed by atoms with Gasteiger partial charge in [-0.1, -0.05) is 18.2 Å². The number of aromatic nitrogens is 2. The number of ether oxygens (including phenoxy) is 2. The number of non-ortho nitro benzene ring substituents is 1. The predicted molar refractivity (Wildman–Crippen MR) is 115 cm³/mol. The van der Waals surface area contributed by atoms with Crippen LogP contribution < -0.4 is 15.0 Å². The molecule has 0 aliphatic heterocycles. The van der Waals surface area contributed by atoms with E-state index in [-0.39, 0.29) is 17.8 Å². The van der Waals surface area contributed by atoms with Crippen LogP contribution in [0, 0.1) is 10.1 Å². The Morgan fingerprint density at radius 2 is 1.83 bits per heavy atom. The maximum absolute atomic E-state index is 13.2. The van der Waals surface area contributed by atoms with Crippen molar-refractivity contribution in [3.05, 3.63) is 80.2 Å². The predicted octanol–water partition coefficient (Wildman–Crippen LogP) is 4.10. The molecule has 4 aromatic rings. The average Bonchev–Trinajstić information content (AvgIpc) is 3.20. The van der Waals surface area contributed by atoms with E-state index in [4.69, 9.17) is 9.47 Å². The molecule has 9 heteroatoms. The van der Waals surface area contributed by atoms with E-state index >= 15 is 0 Å². The van der Waals surface area contributed by atoms with Gasteiger partial charge in [-0.05, 0) is 23.3 Å². The number of thiophene rings is 1. The van der Waals surface area contributed by atoms with Gasteiger partial charge in [0.05, 0.1) is 37.4 Å². The molecular weight excluding hydrogens is 406 g/mol. The highest BCUT2D eigenvalue weighted by molar-refractivity contribution is 7.17. The van der Waals surface area contributed by atoms with Gasteiger partial charge >= 0.3 is 0 Å². The Morgan fingerprint density at radius 1 is 1.10 bits per heavy atom. The van der Waals surface area contributed by atoms with E-state index < -0.39 is 4.92 Å². The number of nitrogens with zero attached hydrogens (tertiary/aromatic N) is 3. The molecule has 0 spiro atoms. The van der Waals surface area contributed by atoms with E-state index in [0.29, 0.717) is 21.7 Å². The van der Waals surface area contributed by atoms with Gasteiger partial charge in [0.25, 0.3) is 11.2 Å². The minimum atomic E-state index is -0.454.